The highest BCUT2D eigenvalue weighted by Gasteiger charge is 2.24. The van der Waals surface area contributed by atoms with Crippen molar-refractivity contribution in [2.24, 2.45) is 5.92 Å². The Balaban J connectivity index is 2.18. The molecule has 0 bridgehead atoms. The molecule has 0 unspecified atom stereocenters. The molecule has 0 N–H and O–H groups in total. The van der Waals surface area contributed by atoms with E-state index in [1.807, 2.05) is 20.8 Å². The molecule has 1 aliphatic rings. The second kappa shape index (κ2) is 8.03. The van der Waals surface area contributed by atoms with E-state index in [0.717, 1.165) is 38.2 Å². The number of ether oxygens (including phenoxy) is 1. The highest BCUT2D eigenvalue weighted by molar-refractivity contribution is 8.13. The zero-order valence-corrected chi connectivity index (χ0v) is 13.9. The van der Waals surface area contributed by atoms with Gasteiger partial charge in [-0.15, -0.1) is 0 Å². The molecule has 0 saturated carbocycles. The minimum atomic E-state index is -0.387. The Bertz CT molecular complexity index is 331. The molecule has 0 aromatic heterocycles. The number of hydrogen-bond donors (Lipinski definition) is 0. The van der Waals surface area contributed by atoms with Crippen LogP contribution in [0.3, 0.4) is 0 Å². The van der Waals surface area contributed by atoms with E-state index in [0.29, 0.717) is 12.3 Å². The maximum atomic E-state index is 11.8. The fraction of sp³-hybridized carbons (Fsp3) is 0.867. The molecule has 1 aliphatic heterocycles. The van der Waals surface area contributed by atoms with E-state index in [-0.39, 0.29) is 16.7 Å². The van der Waals surface area contributed by atoms with Crippen LogP contribution >= 0.6 is 11.8 Å². The second-order valence-corrected chi connectivity index (χ2v) is 7.69. The van der Waals surface area contributed by atoms with Crippen LogP contribution in [0.4, 0.5) is 0 Å². The van der Waals surface area contributed by atoms with Crippen molar-refractivity contribution in [3.05, 3.63) is 0 Å². The Kier molecular flexibility index (Phi) is 7.03. The van der Waals surface area contributed by atoms with Crippen LogP contribution < -0.4 is 0 Å². The first kappa shape index (κ1) is 17.5. The molecule has 1 heterocycles. The van der Waals surface area contributed by atoms with Gasteiger partial charge in [0.15, 0.2) is 5.12 Å². The lowest BCUT2D eigenvalue weighted by molar-refractivity contribution is -0.156. The van der Waals surface area contributed by atoms with Gasteiger partial charge in [-0.25, -0.2) is 0 Å². The third-order valence-electron chi connectivity index (χ3n) is 3.30. The SMILES string of the molecule is CC(=O)SCCN1CCC(CC(=O)OC(C)(C)C)CC1. The van der Waals surface area contributed by atoms with Crippen LogP contribution in [0.15, 0.2) is 0 Å². The molecule has 116 valence electrons. The summed E-state index contributed by atoms with van der Waals surface area (Å²) >= 11 is 1.39. The number of thioether (sulfide) groups is 1. The number of carbonyl (C=O) groups is 2. The lowest BCUT2D eigenvalue weighted by Crippen LogP contribution is -2.36. The molecule has 0 spiro atoms. The van der Waals surface area contributed by atoms with Gasteiger partial charge in [0.25, 0.3) is 0 Å². The molecular weight excluding hydrogens is 274 g/mol. The molecule has 1 fully saturated rings. The minimum absolute atomic E-state index is 0.0805. The van der Waals surface area contributed by atoms with Gasteiger partial charge in [-0.05, 0) is 52.6 Å². The van der Waals surface area contributed by atoms with Crippen molar-refractivity contribution in [3.63, 3.8) is 0 Å². The molecule has 0 aromatic carbocycles. The molecule has 1 rings (SSSR count). The van der Waals surface area contributed by atoms with Gasteiger partial charge in [-0.1, -0.05) is 11.8 Å². The average Bonchev–Trinajstić information content (AvgIpc) is 2.28. The van der Waals surface area contributed by atoms with Crippen molar-refractivity contribution in [3.8, 4) is 0 Å². The fourth-order valence-corrected chi connectivity index (χ4v) is 2.99. The lowest BCUT2D eigenvalue weighted by Gasteiger charge is -2.31. The van der Waals surface area contributed by atoms with E-state index in [1.165, 1.54) is 11.8 Å². The summed E-state index contributed by atoms with van der Waals surface area (Å²) in [6, 6.07) is 0. The average molecular weight is 301 g/mol. The predicted octanol–water partition coefficient (Wildman–Crippen LogP) is 2.71. The summed E-state index contributed by atoms with van der Waals surface area (Å²) in [4.78, 5) is 25.0. The van der Waals surface area contributed by atoms with Crippen LogP contribution in [0.25, 0.3) is 0 Å². The minimum Gasteiger partial charge on any atom is -0.460 e. The van der Waals surface area contributed by atoms with E-state index < -0.39 is 0 Å². The third kappa shape index (κ3) is 7.90. The second-order valence-electron chi connectivity index (χ2n) is 6.42. The molecule has 0 radical (unpaired) electrons. The number of rotatable bonds is 5. The van der Waals surface area contributed by atoms with E-state index in [9.17, 15) is 9.59 Å². The molecule has 0 aromatic rings. The van der Waals surface area contributed by atoms with Crippen LogP contribution in [0.1, 0.15) is 47.0 Å². The summed E-state index contributed by atoms with van der Waals surface area (Å²) < 4.78 is 5.37. The van der Waals surface area contributed by atoms with Crippen LogP contribution in [-0.4, -0.2) is 47.0 Å². The first-order chi connectivity index (χ1) is 9.26. The number of hydrogen-bond acceptors (Lipinski definition) is 5. The van der Waals surface area contributed by atoms with E-state index in [2.05, 4.69) is 4.90 Å². The maximum Gasteiger partial charge on any atom is 0.306 e. The Labute approximate surface area is 126 Å². The molecule has 0 aliphatic carbocycles. The van der Waals surface area contributed by atoms with Crippen molar-refractivity contribution in [1.29, 1.82) is 0 Å². The Morgan fingerprint density at radius 3 is 2.35 bits per heavy atom. The summed E-state index contributed by atoms with van der Waals surface area (Å²) in [7, 11) is 0. The topological polar surface area (TPSA) is 46.6 Å². The summed E-state index contributed by atoms with van der Waals surface area (Å²) in [5, 5.41) is 0.185. The van der Waals surface area contributed by atoms with Crippen molar-refractivity contribution >= 4 is 22.8 Å². The van der Waals surface area contributed by atoms with Gasteiger partial charge in [0.05, 0.1) is 0 Å². The zero-order chi connectivity index (χ0) is 15.2. The van der Waals surface area contributed by atoms with E-state index >= 15 is 0 Å². The summed E-state index contributed by atoms with van der Waals surface area (Å²) in [6.45, 7) is 10.3. The maximum absolute atomic E-state index is 11.8. The third-order valence-corrected chi connectivity index (χ3v) is 4.09. The van der Waals surface area contributed by atoms with Gasteiger partial charge < -0.3 is 9.64 Å². The first-order valence-electron chi connectivity index (χ1n) is 7.34. The van der Waals surface area contributed by atoms with Crippen molar-refractivity contribution in [2.75, 3.05) is 25.4 Å². The van der Waals surface area contributed by atoms with Crippen molar-refractivity contribution in [1.82, 2.24) is 4.90 Å². The summed E-state index contributed by atoms with van der Waals surface area (Å²) in [5.41, 5.74) is -0.387. The van der Waals surface area contributed by atoms with Crippen molar-refractivity contribution < 1.29 is 14.3 Å². The number of piperidine rings is 1. The summed E-state index contributed by atoms with van der Waals surface area (Å²) in [5.74, 6) is 1.23. The van der Waals surface area contributed by atoms with Gasteiger partial charge in [-0.3, -0.25) is 9.59 Å². The number of carbonyl (C=O) groups excluding carboxylic acids is 2. The smallest absolute Gasteiger partial charge is 0.306 e. The standard InChI is InChI=1S/C15H27NO3S/c1-12(17)20-10-9-16-7-5-13(6-8-16)11-14(18)19-15(2,3)4/h13H,5-11H2,1-4H3. The monoisotopic (exact) mass is 301 g/mol. The molecule has 0 amide bonds. The van der Waals surface area contributed by atoms with Gasteiger partial charge in [0.1, 0.15) is 5.60 Å². The normalized spacial score (nSPS) is 18.0. The first-order valence-corrected chi connectivity index (χ1v) is 8.32. The van der Waals surface area contributed by atoms with Crippen LogP contribution in [0.2, 0.25) is 0 Å². The van der Waals surface area contributed by atoms with Crippen molar-refractivity contribution in [2.45, 2.75) is 52.6 Å². The van der Waals surface area contributed by atoms with Crippen LogP contribution in [0.5, 0.6) is 0 Å². The fourth-order valence-electron chi connectivity index (χ4n) is 2.35. The molecule has 1 saturated heterocycles. The summed E-state index contributed by atoms with van der Waals surface area (Å²) in [6.07, 6.45) is 2.63. The van der Waals surface area contributed by atoms with Gasteiger partial charge >= 0.3 is 5.97 Å². The van der Waals surface area contributed by atoms with E-state index in [4.69, 9.17) is 4.74 Å². The Morgan fingerprint density at radius 1 is 1.25 bits per heavy atom. The Morgan fingerprint density at radius 2 is 1.85 bits per heavy atom. The largest absolute Gasteiger partial charge is 0.460 e. The molecule has 20 heavy (non-hydrogen) atoms. The van der Waals surface area contributed by atoms with Crippen LogP contribution in [0, 0.1) is 5.92 Å². The number of esters is 1. The molecule has 4 nitrogen and oxygen atoms in total. The quantitative estimate of drug-likeness (QED) is 0.731. The lowest BCUT2D eigenvalue weighted by atomic mass is 9.93. The molecule has 0 atom stereocenters. The predicted molar refractivity (Wildman–Crippen MR) is 82.8 cm³/mol. The van der Waals surface area contributed by atoms with E-state index in [1.54, 1.807) is 6.92 Å². The zero-order valence-electron chi connectivity index (χ0n) is 13.1. The van der Waals surface area contributed by atoms with Gasteiger partial charge in [0.2, 0.25) is 0 Å². The highest BCUT2D eigenvalue weighted by atomic mass is 32.2. The molecule has 5 heteroatoms. The van der Waals surface area contributed by atoms with Gasteiger partial charge in [0, 0.05) is 25.6 Å². The van der Waals surface area contributed by atoms with Gasteiger partial charge in [-0.2, -0.15) is 0 Å². The number of likely N-dealkylation sites (tertiary alicyclic amines) is 1. The Hall–Kier alpha value is -0.550. The molecular formula is C15H27NO3S. The number of nitrogens with zero attached hydrogens (tertiary/aromatic N) is 1. The highest BCUT2D eigenvalue weighted by Crippen LogP contribution is 2.22. The van der Waals surface area contributed by atoms with Crippen LogP contribution in [-0.2, 0) is 14.3 Å².